The summed E-state index contributed by atoms with van der Waals surface area (Å²) in [5.41, 5.74) is -0.0269. The van der Waals surface area contributed by atoms with Gasteiger partial charge in [0, 0.05) is 26.2 Å². The lowest BCUT2D eigenvalue weighted by Gasteiger charge is -2.38. The zero-order valence-corrected chi connectivity index (χ0v) is 11.5. The first-order valence-corrected chi connectivity index (χ1v) is 7.08. The maximum atomic E-state index is 12.0. The lowest BCUT2D eigenvalue weighted by molar-refractivity contribution is -0.140. The maximum absolute atomic E-state index is 12.0. The smallest absolute Gasteiger partial charge is 0.249 e. The summed E-state index contributed by atoms with van der Waals surface area (Å²) in [7, 11) is 0. The van der Waals surface area contributed by atoms with Crippen LogP contribution in [0.1, 0.15) is 26.7 Å². The van der Waals surface area contributed by atoms with Crippen molar-refractivity contribution in [2.75, 3.05) is 39.3 Å². The zero-order valence-electron chi connectivity index (χ0n) is 11.5. The highest BCUT2D eigenvalue weighted by atomic mass is 16.5. The molecular weight excluding hydrogens is 230 g/mol. The first-order chi connectivity index (χ1) is 8.69. The Kier molecular flexibility index (Phi) is 4.59. The highest BCUT2D eigenvalue weighted by molar-refractivity contribution is 5.81. The van der Waals surface area contributed by atoms with Crippen LogP contribution in [0.3, 0.4) is 0 Å². The second-order valence-corrected chi connectivity index (χ2v) is 5.25. The number of nitrogens with zero attached hydrogens (tertiary/aromatic N) is 1. The maximum Gasteiger partial charge on any atom is 0.249 e. The molecule has 0 aromatic carbocycles. The molecule has 0 bridgehead atoms. The Labute approximate surface area is 109 Å². The Balaban J connectivity index is 1.66. The number of hydrogen-bond acceptors (Lipinski definition) is 4. The molecule has 104 valence electrons. The van der Waals surface area contributed by atoms with Gasteiger partial charge >= 0.3 is 0 Å². The molecule has 1 unspecified atom stereocenters. The lowest BCUT2D eigenvalue weighted by atomic mass is 9.93. The van der Waals surface area contributed by atoms with Gasteiger partial charge in [0.1, 0.15) is 6.10 Å². The van der Waals surface area contributed by atoms with Gasteiger partial charge in [0.2, 0.25) is 5.91 Å². The van der Waals surface area contributed by atoms with E-state index >= 15 is 0 Å². The van der Waals surface area contributed by atoms with Crippen molar-refractivity contribution in [3.63, 3.8) is 0 Å². The molecular formula is C13H25N3O2. The molecule has 2 heterocycles. The topological polar surface area (TPSA) is 53.6 Å². The standard InChI is InChI=1S/C13H25N3O2/c1-3-16(4-2)8-7-15-12(17)11-5-6-13(18-11)9-14-10-13/h11,14H,3-10H2,1-2H3,(H,15,17). The van der Waals surface area contributed by atoms with Gasteiger partial charge in [0.25, 0.3) is 0 Å². The van der Waals surface area contributed by atoms with Gasteiger partial charge in [-0.3, -0.25) is 4.79 Å². The van der Waals surface area contributed by atoms with Crippen LogP contribution in [0.4, 0.5) is 0 Å². The van der Waals surface area contributed by atoms with Gasteiger partial charge in [-0.2, -0.15) is 0 Å². The Morgan fingerprint density at radius 1 is 1.44 bits per heavy atom. The van der Waals surface area contributed by atoms with Crippen LogP contribution in [0.25, 0.3) is 0 Å². The summed E-state index contributed by atoms with van der Waals surface area (Å²) in [6.07, 6.45) is 1.64. The molecule has 2 aliphatic heterocycles. The van der Waals surface area contributed by atoms with E-state index in [0.29, 0.717) is 6.54 Å². The second kappa shape index (κ2) is 5.99. The van der Waals surface area contributed by atoms with E-state index in [0.717, 1.165) is 45.6 Å². The average Bonchev–Trinajstić information content (AvgIpc) is 2.79. The van der Waals surface area contributed by atoms with Crippen molar-refractivity contribution in [1.82, 2.24) is 15.5 Å². The molecule has 2 N–H and O–H groups in total. The molecule has 1 atom stereocenters. The van der Waals surface area contributed by atoms with Crippen LogP contribution >= 0.6 is 0 Å². The van der Waals surface area contributed by atoms with E-state index in [1.165, 1.54) is 0 Å². The molecule has 0 aliphatic carbocycles. The van der Waals surface area contributed by atoms with E-state index in [1.807, 2.05) is 0 Å². The second-order valence-electron chi connectivity index (χ2n) is 5.25. The largest absolute Gasteiger partial charge is 0.359 e. The van der Waals surface area contributed by atoms with Crippen LogP contribution in [-0.2, 0) is 9.53 Å². The minimum atomic E-state index is -0.233. The highest BCUT2D eigenvalue weighted by Gasteiger charge is 2.46. The Morgan fingerprint density at radius 3 is 2.67 bits per heavy atom. The fraction of sp³-hybridized carbons (Fsp3) is 0.923. The molecule has 2 fully saturated rings. The third-order valence-corrected chi connectivity index (χ3v) is 4.06. The molecule has 0 radical (unpaired) electrons. The lowest BCUT2D eigenvalue weighted by Crippen LogP contribution is -2.59. The van der Waals surface area contributed by atoms with Gasteiger partial charge in [0.15, 0.2) is 0 Å². The molecule has 1 spiro atoms. The van der Waals surface area contributed by atoms with Gasteiger partial charge in [0.05, 0.1) is 5.60 Å². The molecule has 5 heteroatoms. The summed E-state index contributed by atoms with van der Waals surface area (Å²) in [6.45, 7) is 9.76. The zero-order chi connectivity index (χ0) is 13.0. The summed E-state index contributed by atoms with van der Waals surface area (Å²) in [4.78, 5) is 14.3. The number of amides is 1. The third-order valence-electron chi connectivity index (χ3n) is 4.06. The highest BCUT2D eigenvalue weighted by Crippen LogP contribution is 2.33. The Morgan fingerprint density at radius 2 is 2.17 bits per heavy atom. The number of hydrogen-bond donors (Lipinski definition) is 2. The van der Waals surface area contributed by atoms with Crippen LogP contribution in [0.15, 0.2) is 0 Å². The third kappa shape index (κ3) is 3.02. The molecule has 0 aromatic rings. The molecule has 2 saturated heterocycles. The van der Waals surface area contributed by atoms with Gasteiger partial charge < -0.3 is 20.3 Å². The first kappa shape index (κ1) is 13.8. The summed E-state index contributed by atoms with van der Waals surface area (Å²) < 4.78 is 5.87. The number of carbonyl (C=O) groups is 1. The summed E-state index contributed by atoms with van der Waals surface area (Å²) in [5.74, 6) is 0.0610. The van der Waals surface area contributed by atoms with Crippen LogP contribution in [0.5, 0.6) is 0 Å². The van der Waals surface area contributed by atoms with Crippen LogP contribution in [0.2, 0.25) is 0 Å². The van der Waals surface area contributed by atoms with Crippen molar-refractivity contribution in [3.05, 3.63) is 0 Å². The van der Waals surface area contributed by atoms with E-state index < -0.39 is 0 Å². The molecule has 0 saturated carbocycles. The van der Waals surface area contributed by atoms with E-state index in [1.54, 1.807) is 0 Å². The predicted molar refractivity (Wildman–Crippen MR) is 70.5 cm³/mol. The normalized spacial score (nSPS) is 25.4. The number of likely N-dealkylation sites (N-methyl/N-ethyl adjacent to an activating group) is 1. The number of nitrogens with one attached hydrogen (secondary N) is 2. The van der Waals surface area contributed by atoms with Crippen LogP contribution in [-0.4, -0.2) is 61.8 Å². The predicted octanol–water partition coefficient (Wildman–Crippen LogP) is -0.0346. The van der Waals surface area contributed by atoms with Gasteiger partial charge in [-0.1, -0.05) is 13.8 Å². The van der Waals surface area contributed by atoms with Gasteiger partial charge in [-0.25, -0.2) is 0 Å². The molecule has 18 heavy (non-hydrogen) atoms. The quantitative estimate of drug-likeness (QED) is 0.699. The summed E-state index contributed by atoms with van der Waals surface area (Å²) >= 11 is 0. The monoisotopic (exact) mass is 255 g/mol. The summed E-state index contributed by atoms with van der Waals surface area (Å²) in [6, 6.07) is 0. The molecule has 2 aliphatic rings. The van der Waals surface area contributed by atoms with E-state index in [2.05, 4.69) is 29.4 Å². The molecule has 0 aromatic heterocycles. The molecule has 2 rings (SSSR count). The Hall–Kier alpha value is -0.650. The molecule has 1 amide bonds. The van der Waals surface area contributed by atoms with Gasteiger partial charge in [-0.15, -0.1) is 0 Å². The van der Waals surface area contributed by atoms with E-state index in [4.69, 9.17) is 4.74 Å². The van der Waals surface area contributed by atoms with Crippen LogP contribution < -0.4 is 10.6 Å². The Bertz CT molecular complexity index is 288. The van der Waals surface area contributed by atoms with Crippen molar-refractivity contribution in [2.45, 2.75) is 38.4 Å². The van der Waals surface area contributed by atoms with E-state index in [-0.39, 0.29) is 17.6 Å². The minimum Gasteiger partial charge on any atom is -0.359 e. The van der Waals surface area contributed by atoms with Crippen molar-refractivity contribution in [2.24, 2.45) is 0 Å². The fourth-order valence-electron chi connectivity index (χ4n) is 2.65. The first-order valence-electron chi connectivity index (χ1n) is 7.08. The fourth-order valence-corrected chi connectivity index (χ4v) is 2.65. The number of rotatable bonds is 6. The van der Waals surface area contributed by atoms with Gasteiger partial charge in [-0.05, 0) is 25.9 Å². The number of carbonyl (C=O) groups excluding carboxylic acids is 1. The average molecular weight is 255 g/mol. The number of ether oxygens (including phenoxy) is 1. The SMILES string of the molecule is CCN(CC)CCNC(=O)C1CCC2(CNC2)O1. The summed E-state index contributed by atoms with van der Waals surface area (Å²) in [5, 5.41) is 6.20. The van der Waals surface area contributed by atoms with Crippen molar-refractivity contribution < 1.29 is 9.53 Å². The molecule has 5 nitrogen and oxygen atoms in total. The van der Waals surface area contributed by atoms with E-state index in [9.17, 15) is 4.79 Å². The van der Waals surface area contributed by atoms with Crippen molar-refractivity contribution in [3.8, 4) is 0 Å². The van der Waals surface area contributed by atoms with Crippen molar-refractivity contribution in [1.29, 1.82) is 0 Å². The van der Waals surface area contributed by atoms with Crippen molar-refractivity contribution >= 4 is 5.91 Å². The van der Waals surface area contributed by atoms with Crippen LogP contribution in [0, 0.1) is 0 Å². The minimum absolute atomic E-state index is 0.0269.